The largest absolute Gasteiger partial charge is 0.492 e. The van der Waals surface area contributed by atoms with E-state index < -0.39 is 0 Å². The van der Waals surface area contributed by atoms with Gasteiger partial charge < -0.3 is 19.4 Å². The minimum Gasteiger partial charge on any atom is -0.492 e. The standard InChI is InChI=1S/C20H28N2O4/c1-13(2)6-5-7-15(21-23)11-16-18-14(8-9-22(16)3)10-17-19(20(18)24-4)26-12-25-17/h6,10,16,23H,5,7-9,11-12H2,1-4H3/b21-15-/t16-/m0/s1. The zero-order chi connectivity index (χ0) is 18.7. The van der Waals surface area contributed by atoms with Crippen molar-refractivity contribution in [3.8, 4) is 17.2 Å². The van der Waals surface area contributed by atoms with Crippen LogP contribution in [0.5, 0.6) is 17.2 Å². The Kier molecular flexibility index (Phi) is 5.71. The van der Waals surface area contributed by atoms with Crippen LogP contribution in [0.4, 0.5) is 0 Å². The normalized spacial score (nSPS) is 19.2. The van der Waals surface area contributed by atoms with Crippen LogP contribution in [0, 0.1) is 0 Å². The van der Waals surface area contributed by atoms with Gasteiger partial charge in [0.1, 0.15) is 0 Å². The zero-order valence-electron chi connectivity index (χ0n) is 16.0. The molecule has 2 heterocycles. The minimum absolute atomic E-state index is 0.0841. The van der Waals surface area contributed by atoms with E-state index in [9.17, 15) is 5.21 Å². The highest BCUT2D eigenvalue weighted by atomic mass is 16.7. The Morgan fingerprint density at radius 2 is 2.23 bits per heavy atom. The number of hydrogen-bond donors (Lipinski definition) is 1. The van der Waals surface area contributed by atoms with E-state index in [4.69, 9.17) is 14.2 Å². The third kappa shape index (κ3) is 3.65. The van der Waals surface area contributed by atoms with Crippen LogP contribution in [0.3, 0.4) is 0 Å². The van der Waals surface area contributed by atoms with Gasteiger partial charge in [-0.25, -0.2) is 0 Å². The summed E-state index contributed by atoms with van der Waals surface area (Å²) in [5.74, 6) is 2.18. The van der Waals surface area contributed by atoms with Crippen molar-refractivity contribution in [1.82, 2.24) is 4.90 Å². The Labute approximate surface area is 155 Å². The topological polar surface area (TPSA) is 63.5 Å². The van der Waals surface area contributed by atoms with Crippen molar-refractivity contribution in [3.63, 3.8) is 0 Å². The molecule has 0 amide bonds. The summed E-state index contributed by atoms with van der Waals surface area (Å²) < 4.78 is 16.9. The summed E-state index contributed by atoms with van der Waals surface area (Å²) in [4.78, 5) is 2.29. The summed E-state index contributed by atoms with van der Waals surface area (Å²) in [6.07, 6.45) is 5.38. The molecule has 6 nitrogen and oxygen atoms in total. The van der Waals surface area contributed by atoms with Gasteiger partial charge in [0.25, 0.3) is 0 Å². The number of likely N-dealkylation sites (N-methyl/N-ethyl adjacent to an activating group) is 1. The Morgan fingerprint density at radius 3 is 2.92 bits per heavy atom. The predicted molar refractivity (Wildman–Crippen MR) is 101 cm³/mol. The lowest BCUT2D eigenvalue weighted by Crippen LogP contribution is -2.34. The van der Waals surface area contributed by atoms with Crippen molar-refractivity contribution in [2.24, 2.45) is 5.16 Å². The predicted octanol–water partition coefficient (Wildman–Crippen LogP) is 3.92. The quantitative estimate of drug-likeness (QED) is 0.360. The van der Waals surface area contributed by atoms with Crippen molar-refractivity contribution in [2.45, 2.75) is 45.6 Å². The van der Waals surface area contributed by atoms with Gasteiger partial charge >= 0.3 is 0 Å². The number of oxime groups is 1. The SMILES string of the molecule is COc1c2c(cc3c1[C@H](C/C(CCC=C(C)C)=N\O)N(C)CC3)OCO2. The fourth-order valence-electron chi connectivity index (χ4n) is 3.73. The summed E-state index contributed by atoms with van der Waals surface area (Å²) in [7, 11) is 3.77. The molecule has 2 aliphatic heterocycles. The van der Waals surface area contributed by atoms with Gasteiger partial charge in [-0.05, 0) is 51.8 Å². The van der Waals surface area contributed by atoms with Crippen LogP contribution < -0.4 is 14.2 Å². The first-order valence-electron chi connectivity index (χ1n) is 9.08. The molecule has 0 radical (unpaired) electrons. The van der Waals surface area contributed by atoms with Crippen LogP contribution in [0.2, 0.25) is 0 Å². The number of hydrogen-bond acceptors (Lipinski definition) is 6. The maximum atomic E-state index is 9.51. The first-order valence-corrected chi connectivity index (χ1v) is 9.08. The number of nitrogens with zero attached hydrogens (tertiary/aromatic N) is 2. The van der Waals surface area contributed by atoms with Crippen LogP contribution in [0.25, 0.3) is 0 Å². The highest BCUT2D eigenvalue weighted by Gasteiger charge is 2.34. The summed E-state index contributed by atoms with van der Waals surface area (Å²) in [6, 6.07) is 2.15. The molecule has 0 bridgehead atoms. The van der Waals surface area contributed by atoms with E-state index in [-0.39, 0.29) is 12.8 Å². The fourth-order valence-corrected chi connectivity index (χ4v) is 3.73. The molecule has 1 aromatic rings. The second-order valence-corrected chi connectivity index (χ2v) is 7.15. The van der Waals surface area contributed by atoms with Gasteiger partial charge in [-0.1, -0.05) is 16.8 Å². The smallest absolute Gasteiger partial charge is 0.231 e. The number of fused-ring (bicyclic) bond motifs is 2. The molecule has 0 saturated carbocycles. The third-order valence-corrected chi connectivity index (χ3v) is 5.10. The van der Waals surface area contributed by atoms with Crippen molar-refractivity contribution >= 4 is 5.71 Å². The molecule has 0 saturated heterocycles. The second-order valence-electron chi connectivity index (χ2n) is 7.15. The maximum absolute atomic E-state index is 9.51. The van der Waals surface area contributed by atoms with Gasteiger partial charge in [0, 0.05) is 24.6 Å². The van der Waals surface area contributed by atoms with Gasteiger partial charge in [0.05, 0.1) is 12.8 Å². The molecule has 1 N–H and O–H groups in total. The molecule has 26 heavy (non-hydrogen) atoms. The van der Waals surface area contributed by atoms with E-state index in [1.165, 1.54) is 11.1 Å². The molecule has 6 heteroatoms. The van der Waals surface area contributed by atoms with Crippen LogP contribution >= 0.6 is 0 Å². The van der Waals surface area contributed by atoms with Crippen molar-refractivity contribution in [3.05, 3.63) is 28.8 Å². The molecule has 0 spiro atoms. The number of allylic oxidation sites excluding steroid dienone is 2. The van der Waals surface area contributed by atoms with E-state index in [0.29, 0.717) is 12.2 Å². The van der Waals surface area contributed by atoms with E-state index in [2.05, 4.69) is 43.1 Å². The van der Waals surface area contributed by atoms with Gasteiger partial charge in [-0.3, -0.25) is 4.90 Å². The summed E-state index contributed by atoms with van der Waals surface area (Å²) in [5, 5.41) is 13.1. The lowest BCUT2D eigenvalue weighted by atomic mass is 9.87. The summed E-state index contributed by atoms with van der Waals surface area (Å²) in [5.41, 5.74) is 4.41. The van der Waals surface area contributed by atoms with Crippen LogP contribution in [0.15, 0.2) is 22.9 Å². The van der Waals surface area contributed by atoms with Crippen molar-refractivity contribution in [1.29, 1.82) is 0 Å². The molecular formula is C20H28N2O4. The first-order chi connectivity index (χ1) is 12.5. The average Bonchev–Trinajstić information content (AvgIpc) is 3.08. The van der Waals surface area contributed by atoms with Gasteiger partial charge in [-0.2, -0.15) is 0 Å². The molecule has 142 valence electrons. The molecule has 1 aromatic carbocycles. The molecule has 1 atom stereocenters. The Balaban J connectivity index is 1.90. The number of methoxy groups -OCH3 is 1. The Morgan fingerprint density at radius 1 is 1.42 bits per heavy atom. The van der Waals surface area contributed by atoms with Gasteiger partial charge in [-0.15, -0.1) is 0 Å². The first kappa shape index (κ1) is 18.6. The van der Waals surface area contributed by atoms with E-state index in [0.717, 1.165) is 48.6 Å². The van der Waals surface area contributed by atoms with Crippen LogP contribution in [-0.4, -0.2) is 43.3 Å². The van der Waals surface area contributed by atoms with Crippen LogP contribution in [-0.2, 0) is 6.42 Å². The maximum Gasteiger partial charge on any atom is 0.231 e. The summed E-state index contributed by atoms with van der Waals surface area (Å²) >= 11 is 0. The number of benzene rings is 1. The molecule has 0 aromatic heterocycles. The van der Waals surface area contributed by atoms with Crippen molar-refractivity contribution in [2.75, 3.05) is 27.5 Å². The highest BCUT2D eigenvalue weighted by Crippen LogP contribution is 2.50. The molecule has 2 aliphatic rings. The number of ether oxygens (including phenoxy) is 3. The Bertz CT molecular complexity index is 723. The average molecular weight is 360 g/mol. The highest BCUT2D eigenvalue weighted by molar-refractivity contribution is 5.85. The van der Waals surface area contributed by atoms with E-state index >= 15 is 0 Å². The summed E-state index contributed by atoms with van der Waals surface area (Å²) in [6.45, 7) is 5.32. The molecule has 0 fully saturated rings. The van der Waals surface area contributed by atoms with Gasteiger partial charge in [0.15, 0.2) is 11.5 Å². The molecule has 0 unspecified atom stereocenters. The molecular weight excluding hydrogens is 332 g/mol. The zero-order valence-corrected chi connectivity index (χ0v) is 16.0. The fraction of sp³-hybridized carbons (Fsp3) is 0.550. The lowest BCUT2D eigenvalue weighted by molar-refractivity contribution is 0.170. The monoisotopic (exact) mass is 360 g/mol. The van der Waals surface area contributed by atoms with Crippen LogP contribution in [0.1, 0.15) is 50.3 Å². The third-order valence-electron chi connectivity index (χ3n) is 5.10. The Hall–Kier alpha value is -2.21. The number of rotatable bonds is 6. The van der Waals surface area contributed by atoms with E-state index in [1.807, 2.05) is 0 Å². The molecule has 3 rings (SSSR count). The minimum atomic E-state index is 0.0841. The van der Waals surface area contributed by atoms with Gasteiger partial charge in [0.2, 0.25) is 12.5 Å². The second kappa shape index (κ2) is 7.99. The lowest BCUT2D eigenvalue weighted by Gasteiger charge is -2.36. The molecule has 0 aliphatic carbocycles. The van der Waals surface area contributed by atoms with E-state index in [1.54, 1.807) is 7.11 Å². The van der Waals surface area contributed by atoms with Crippen molar-refractivity contribution < 1.29 is 19.4 Å².